The van der Waals surface area contributed by atoms with Crippen molar-refractivity contribution in [1.29, 1.82) is 0 Å². The van der Waals surface area contributed by atoms with Crippen molar-refractivity contribution in [2.45, 2.75) is 31.2 Å². The number of halogens is 2. The summed E-state index contributed by atoms with van der Waals surface area (Å²) in [6, 6.07) is 15.3. The van der Waals surface area contributed by atoms with Crippen LogP contribution in [0.4, 0.5) is 0 Å². The monoisotopic (exact) mass is 377 g/mol. The number of hydrogen-bond acceptors (Lipinski definition) is 2. The third-order valence-electron chi connectivity index (χ3n) is 4.61. The number of rotatable bonds is 7. The molecule has 0 heterocycles. The molecule has 25 heavy (non-hydrogen) atoms. The number of amides is 1. The van der Waals surface area contributed by atoms with E-state index in [-0.39, 0.29) is 30.4 Å². The van der Waals surface area contributed by atoms with E-state index in [0.29, 0.717) is 22.9 Å². The molecule has 132 valence electrons. The Hall–Kier alpha value is -1.55. The van der Waals surface area contributed by atoms with E-state index in [0.717, 1.165) is 17.5 Å². The number of nitrogens with one attached hydrogen (secondary N) is 1. The normalized spacial score (nSPS) is 20.1. The molecule has 2 aromatic rings. The summed E-state index contributed by atoms with van der Waals surface area (Å²) >= 11 is 12.1. The molecule has 3 nitrogen and oxygen atoms in total. The van der Waals surface area contributed by atoms with E-state index < -0.39 is 0 Å². The van der Waals surface area contributed by atoms with Crippen LogP contribution in [-0.4, -0.2) is 17.6 Å². The second-order valence-electron chi connectivity index (χ2n) is 6.49. The van der Waals surface area contributed by atoms with Crippen LogP contribution < -0.4 is 5.32 Å². The van der Waals surface area contributed by atoms with Gasteiger partial charge in [-0.2, -0.15) is 0 Å². The van der Waals surface area contributed by atoms with E-state index in [1.807, 2.05) is 42.5 Å². The molecular weight excluding hydrogens is 357 g/mol. The highest BCUT2D eigenvalue weighted by atomic mass is 35.5. The minimum Gasteiger partial charge on any atom is -0.396 e. The van der Waals surface area contributed by atoms with Crippen LogP contribution in [0, 0.1) is 5.92 Å². The van der Waals surface area contributed by atoms with Crippen molar-refractivity contribution in [3.8, 4) is 0 Å². The van der Waals surface area contributed by atoms with Gasteiger partial charge in [-0.05, 0) is 54.5 Å². The quantitative estimate of drug-likeness (QED) is 0.732. The zero-order valence-electron chi connectivity index (χ0n) is 13.8. The van der Waals surface area contributed by atoms with E-state index in [9.17, 15) is 4.79 Å². The first kappa shape index (κ1) is 18.2. The van der Waals surface area contributed by atoms with Gasteiger partial charge in [-0.3, -0.25) is 4.79 Å². The summed E-state index contributed by atoms with van der Waals surface area (Å²) < 4.78 is 0. The molecule has 0 bridgehead atoms. The molecule has 1 saturated carbocycles. The molecule has 5 heteroatoms. The summed E-state index contributed by atoms with van der Waals surface area (Å²) in [6.45, 7) is 0.117. The minimum atomic E-state index is -0.0787. The van der Waals surface area contributed by atoms with Crippen molar-refractivity contribution in [2.75, 3.05) is 6.61 Å². The van der Waals surface area contributed by atoms with Crippen LogP contribution in [0.25, 0.3) is 0 Å². The van der Waals surface area contributed by atoms with Gasteiger partial charge in [-0.15, -0.1) is 0 Å². The molecule has 1 amide bonds. The molecule has 3 rings (SSSR count). The highest BCUT2D eigenvalue weighted by Gasteiger charge is 2.44. The van der Waals surface area contributed by atoms with E-state index >= 15 is 0 Å². The lowest BCUT2D eigenvalue weighted by Crippen LogP contribution is -2.30. The Labute approximate surface area is 158 Å². The van der Waals surface area contributed by atoms with Crippen LogP contribution in [0.3, 0.4) is 0 Å². The number of aliphatic hydroxyl groups excluding tert-OH is 1. The SMILES string of the molecule is O=C(N[C@H](CCCO)c1ccccc1)[C@@H]1C[C@H]1c1cc(Cl)cc(Cl)c1. The fraction of sp³-hybridized carbons (Fsp3) is 0.350. The van der Waals surface area contributed by atoms with Crippen molar-refractivity contribution < 1.29 is 9.90 Å². The van der Waals surface area contributed by atoms with E-state index in [2.05, 4.69) is 5.32 Å². The number of carbonyl (C=O) groups excluding carboxylic acids is 1. The molecular formula is C20H21Cl2NO2. The lowest BCUT2D eigenvalue weighted by molar-refractivity contribution is -0.123. The Morgan fingerprint density at radius 1 is 1.16 bits per heavy atom. The number of hydrogen-bond donors (Lipinski definition) is 2. The first-order valence-electron chi connectivity index (χ1n) is 8.50. The average molecular weight is 378 g/mol. The number of carbonyl (C=O) groups is 1. The molecule has 0 spiro atoms. The summed E-state index contributed by atoms with van der Waals surface area (Å²) in [7, 11) is 0. The van der Waals surface area contributed by atoms with Crippen LogP contribution >= 0.6 is 23.2 Å². The fourth-order valence-corrected chi connectivity index (χ4v) is 3.77. The van der Waals surface area contributed by atoms with Gasteiger partial charge in [0, 0.05) is 22.6 Å². The summed E-state index contributed by atoms with van der Waals surface area (Å²) in [5, 5.41) is 13.5. The van der Waals surface area contributed by atoms with Gasteiger partial charge in [0.15, 0.2) is 0 Å². The molecule has 0 saturated heterocycles. The van der Waals surface area contributed by atoms with Gasteiger partial charge in [0.2, 0.25) is 5.91 Å². The van der Waals surface area contributed by atoms with Crippen LogP contribution in [0.2, 0.25) is 10.0 Å². The van der Waals surface area contributed by atoms with Crippen LogP contribution in [0.5, 0.6) is 0 Å². The minimum absolute atomic E-state index is 0.0464. The Kier molecular flexibility index (Phi) is 6.00. The van der Waals surface area contributed by atoms with Crippen LogP contribution in [0.15, 0.2) is 48.5 Å². The maximum atomic E-state index is 12.7. The van der Waals surface area contributed by atoms with Crippen molar-refractivity contribution in [1.82, 2.24) is 5.32 Å². The third-order valence-corrected chi connectivity index (χ3v) is 5.05. The first-order chi connectivity index (χ1) is 12.1. The van der Waals surface area contributed by atoms with Crippen LogP contribution in [-0.2, 0) is 4.79 Å². The number of aliphatic hydroxyl groups is 1. The van der Waals surface area contributed by atoms with Crippen LogP contribution in [0.1, 0.15) is 42.3 Å². The molecule has 3 atom stereocenters. The van der Waals surface area contributed by atoms with Gasteiger partial charge in [0.05, 0.1) is 6.04 Å². The Morgan fingerprint density at radius 3 is 2.48 bits per heavy atom. The molecule has 1 fully saturated rings. The van der Waals surface area contributed by atoms with E-state index in [1.54, 1.807) is 6.07 Å². The van der Waals surface area contributed by atoms with Crippen molar-refractivity contribution in [2.24, 2.45) is 5.92 Å². The Morgan fingerprint density at radius 2 is 1.84 bits per heavy atom. The van der Waals surface area contributed by atoms with Gasteiger partial charge in [-0.1, -0.05) is 53.5 Å². The third kappa shape index (κ3) is 4.75. The largest absolute Gasteiger partial charge is 0.396 e. The molecule has 2 N–H and O–H groups in total. The average Bonchev–Trinajstić information content (AvgIpc) is 3.39. The topological polar surface area (TPSA) is 49.3 Å². The summed E-state index contributed by atoms with van der Waals surface area (Å²) in [5.74, 6) is 0.174. The zero-order valence-corrected chi connectivity index (χ0v) is 15.3. The lowest BCUT2D eigenvalue weighted by atomic mass is 10.0. The standard InChI is InChI=1S/C20H21Cl2NO2/c21-15-9-14(10-16(22)11-15)17-12-18(17)20(25)23-19(7-4-8-24)13-5-2-1-3-6-13/h1-3,5-6,9-11,17-19,24H,4,7-8,12H2,(H,23,25)/t17-,18+,19+/m0/s1. The molecule has 1 aliphatic rings. The van der Waals surface area contributed by atoms with Gasteiger partial charge in [0.25, 0.3) is 0 Å². The Bertz CT molecular complexity index is 715. The van der Waals surface area contributed by atoms with Gasteiger partial charge >= 0.3 is 0 Å². The maximum Gasteiger partial charge on any atom is 0.224 e. The second-order valence-corrected chi connectivity index (χ2v) is 7.36. The zero-order chi connectivity index (χ0) is 17.8. The van der Waals surface area contributed by atoms with E-state index in [4.69, 9.17) is 28.3 Å². The molecule has 0 aromatic heterocycles. The number of benzene rings is 2. The predicted octanol–water partition coefficient (Wildman–Crippen LogP) is 4.73. The van der Waals surface area contributed by atoms with Crippen molar-refractivity contribution in [3.05, 3.63) is 69.7 Å². The second kappa shape index (κ2) is 8.22. The smallest absolute Gasteiger partial charge is 0.224 e. The van der Waals surface area contributed by atoms with Gasteiger partial charge < -0.3 is 10.4 Å². The predicted molar refractivity (Wildman–Crippen MR) is 101 cm³/mol. The van der Waals surface area contributed by atoms with E-state index in [1.165, 1.54) is 0 Å². The first-order valence-corrected chi connectivity index (χ1v) is 9.26. The summed E-state index contributed by atoms with van der Waals surface area (Å²) in [6.07, 6.45) is 2.18. The Balaban J connectivity index is 1.66. The maximum absolute atomic E-state index is 12.7. The molecule has 1 aliphatic carbocycles. The summed E-state index contributed by atoms with van der Waals surface area (Å²) in [4.78, 5) is 12.7. The lowest BCUT2D eigenvalue weighted by Gasteiger charge is -2.19. The molecule has 0 unspecified atom stereocenters. The molecule has 0 aliphatic heterocycles. The fourth-order valence-electron chi connectivity index (χ4n) is 3.22. The highest BCUT2D eigenvalue weighted by molar-refractivity contribution is 6.34. The van der Waals surface area contributed by atoms with Gasteiger partial charge in [0.1, 0.15) is 0 Å². The van der Waals surface area contributed by atoms with Crippen molar-refractivity contribution in [3.63, 3.8) is 0 Å². The van der Waals surface area contributed by atoms with Gasteiger partial charge in [-0.25, -0.2) is 0 Å². The molecule has 2 aromatic carbocycles. The highest BCUT2D eigenvalue weighted by Crippen LogP contribution is 2.48. The summed E-state index contributed by atoms with van der Waals surface area (Å²) in [5.41, 5.74) is 2.08. The van der Waals surface area contributed by atoms with Crippen molar-refractivity contribution >= 4 is 29.1 Å². The molecule has 0 radical (unpaired) electrons.